The lowest BCUT2D eigenvalue weighted by molar-refractivity contribution is 0.0628. The summed E-state index contributed by atoms with van der Waals surface area (Å²) in [7, 11) is 1.85. The summed E-state index contributed by atoms with van der Waals surface area (Å²) >= 11 is 0. The molecule has 2 aliphatic heterocycles. The lowest BCUT2D eigenvalue weighted by Crippen LogP contribution is -2.48. The van der Waals surface area contributed by atoms with Crippen LogP contribution in [0.15, 0.2) is 36.7 Å². The van der Waals surface area contributed by atoms with E-state index in [1.807, 2.05) is 30.1 Å². The zero-order valence-electron chi connectivity index (χ0n) is 15.7. The fraction of sp³-hybridized carbons (Fsp3) is 0.350. The number of fused-ring (bicyclic) bond motifs is 2. The Bertz CT molecular complexity index is 1040. The molecule has 3 aromatic rings. The summed E-state index contributed by atoms with van der Waals surface area (Å²) in [5.41, 5.74) is 3.47. The third kappa shape index (κ3) is 3.05. The van der Waals surface area contributed by atoms with Gasteiger partial charge >= 0.3 is 0 Å². The molecule has 0 unspecified atom stereocenters. The van der Waals surface area contributed by atoms with E-state index in [2.05, 4.69) is 21.0 Å². The average Bonchev–Trinajstić information content (AvgIpc) is 3.34. The highest BCUT2D eigenvalue weighted by Gasteiger charge is 2.23. The molecule has 8 nitrogen and oxygen atoms in total. The molecule has 1 amide bonds. The molecule has 28 heavy (non-hydrogen) atoms. The second-order valence-electron chi connectivity index (χ2n) is 7.15. The van der Waals surface area contributed by atoms with Crippen molar-refractivity contribution in [3.8, 4) is 11.5 Å². The molecule has 0 spiro atoms. The van der Waals surface area contributed by atoms with Gasteiger partial charge in [-0.15, -0.1) is 0 Å². The Hall–Kier alpha value is -3.13. The Kier molecular flexibility index (Phi) is 4.12. The first-order valence-electron chi connectivity index (χ1n) is 9.35. The number of pyridine rings is 1. The number of benzene rings is 1. The normalized spacial score (nSPS) is 16.7. The number of ether oxygens (including phenoxy) is 2. The third-order valence-corrected chi connectivity index (χ3v) is 5.35. The minimum atomic E-state index is 0.0262. The van der Waals surface area contributed by atoms with Crippen LogP contribution in [0.1, 0.15) is 15.9 Å². The molecule has 8 heteroatoms. The van der Waals surface area contributed by atoms with Gasteiger partial charge in [0.05, 0.1) is 17.3 Å². The Balaban J connectivity index is 1.22. The van der Waals surface area contributed by atoms with Crippen molar-refractivity contribution >= 4 is 16.9 Å². The van der Waals surface area contributed by atoms with Gasteiger partial charge in [0.1, 0.15) is 5.52 Å². The summed E-state index contributed by atoms with van der Waals surface area (Å²) < 4.78 is 12.6. The summed E-state index contributed by atoms with van der Waals surface area (Å²) in [6.45, 7) is 4.20. The monoisotopic (exact) mass is 379 g/mol. The fourth-order valence-corrected chi connectivity index (χ4v) is 3.73. The number of piperazine rings is 1. The van der Waals surface area contributed by atoms with Gasteiger partial charge < -0.3 is 14.4 Å². The maximum Gasteiger partial charge on any atom is 0.255 e. The van der Waals surface area contributed by atoms with Crippen LogP contribution in [0.3, 0.4) is 0 Å². The number of rotatable bonds is 3. The first-order chi connectivity index (χ1) is 13.7. The van der Waals surface area contributed by atoms with Gasteiger partial charge in [-0.05, 0) is 23.8 Å². The first kappa shape index (κ1) is 17.0. The second-order valence-corrected chi connectivity index (χ2v) is 7.15. The average molecular weight is 379 g/mol. The van der Waals surface area contributed by atoms with Crippen molar-refractivity contribution in [2.75, 3.05) is 33.0 Å². The standard InChI is InChI=1S/C20H21N5O3/c1-23-17-9-15(10-21-16(17)11-22-23)20(26)25-6-4-24(5-7-25)12-14-2-3-18-19(8-14)28-13-27-18/h2-3,8-11H,4-7,12-13H2,1H3. The molecular weight excluding hydrogens is 358 g/mol. The second kappa shape index (κ2) is 6.79. The Labute approximate surface area is 162 Å². The molecule has 2 aliphatic rings. The Morgan fingerprint density at radius 3 is 2.75 bits per heavy atom. The van der Waals surface area contributed by atoms with Crippen molar-refractivity contribution in [3.63, 3.8) is 0 Å². The molecule has 0 atom stereocenters. The van der Waals surface area contributed by atoms with Crippen LogP contribution in [0.25, 0.3) is 11.0 Å². The van der Waals surface area contributed by atoms with Crippen LogP contribution < -0.4 is 9.47 Å². The zero-order chi connectivity index (χ0) is 19.1. The van der Waals surface area contributed by atoms with E-state index in [1.54, 1.807) is 17.1 Å². The Morgan fingerprint density at radius 2 is 1.89 bits per heavy atom. The van der Waals surface area contributed by atoms with Gasteiger partial charge in [0.15, 0.2) is 11.5 Å². The van der Waals surface area contributed by atoms with Crippen LogP contribution in [-0.4, -0.2) is 63.4 Å². The first-order valence-corrected chi connectivity index (χ1v) is 9.35. The SMILES string of the molecule is Cn1ncc2ncc(C(=O)N3CCN(Cc4ccc5c(c4)OCO5)CC3)cc21. The number of hydrogen-bond acceptors (Lipinski definition) is 6. The maximum atomic E-state index is 12.9. The summed E-state index contributed by atoms with van der Waals surface area (Å²) in [5, 5.41) is 4.19. The van der Waals surface area contributed by atoms with E-state index in [4.69, 9.17) is 9.47 Å². The molecule has 144 valence electrons. The van der Waals surface area contributed by atoms with Gasteiger partial charge in [-0.1, -0.05) is 6.07 Å². The molecule has 0 N–H and O–H groups in total. The Morgan fingerprint density at radius 1 is 1.07 bits per heavy atom. The fourth-order valence-electron chi connectivity index (χ4n) is 3.73. The van der Waals surface area contributed by atoms with Crippen molar-refractivity contribution < 1.29 is 14.3 Å². The van der Waals surface area contributed by atoms with Crippen molar-refractivity contribution in [2.45, 2.75) is 6.54 Å². The van der Waals surface area contributed by atoms with Crippen LogP contribution in [0.4, 0.5) is 0 Å². The highest BCUT2D eigenvalue weighted by atomic mass is 16.7. The van der Waals surface area contributed by atoms with Crippen molar-refractivity contribution in [2.24, 2.45) is 7.05 Å². The predicted molar refractivity (Wildman–Crippen MR) is 102 cm³/mol. The predicted octanol–water partition coefficient (Wildman–Crippen LogP) is 1.65. The number of amides is 1. The number of hydrogen-bond donors (Lipinski definition) is 0. The maximum absolute atomic E-state index is 12.9. The molecule has 4 heterocycles. The van der Waals surface area contributed by atoms with Gasteiger partial charge in [0.2, 0.25) is 6.79 Å². The number of aryl methyl sites for hydroxylation is 1. The van der Waals surface area contributed by atoms with E-state index in [-0.39, 0.29) is 5.91 Å². The summed E-state index contributed by atoms with van der Waals surface area (Å²) in [5.74, 6) is 1.64. The summed E-state index contributed by atoms with van der Waals surface area (Å²) in [6, 6.07) is 7.93. The van der Waals surface area contributed by atoms with Gasteiger partial charge in [-0.25, -0.2) is 0 Å². The molecule has 0 saturated carbocycles. The van der Waals surface area contributed by atoms with Gasteiger partial charge in [-0.3, -0.25) is 19.4 Å². The highest BCUT2D eigenvalue weighted by molar-refractivity contribution is 5.96. The molecule has 0 aliphatic carbocycles. The number of aromatic nitrogens is 3. The van der Waals surface area contributed by atoms with E-state index < -0.39 is 0 Å². The number of carbonyl (C=O) groups excluding carboxylic acids is 1. The van der Waals surface area contributed by atoms with Crippen LogP contribution in [0.5, 0.6) is 11.5 Å². The minimum absolute atomic E-state index is 0.0262. The van der Waals surface area contributed by atoms with E-state index in [0.717, 1.165) is 42.2 Å². The van der Waals surface area contributed by atoms with Crippen LogP contribution >= 0.6 is 0 Å². The molecule has 1 saturated heterocycles. The van der Waals surface area contributed by atoms with E-state index >= 15 is 0 Å². The molecule has 5 rings (SSSR count). The van der Waals surface area contributed by atoms with E-state index in [1.165, 1.54) is 5.56 Å². The van der Waals surface area contributed by atoms with Crippen molar-refractivity contribution in [1.82, 2.24) is 24.6 Å². The van der Waals surface area contributed by atoms with Gasteiger partial charge in [0.25, 0.3) is 5.91 Å². The molecule has 0 bridgehead atoms. The highest BCUT2D eigenvalue weighted by Crippen LogP contribution is 2.32. The van der Waals surface area contributed by atoms with Crippen LogP contribution in [0, 0.1) is 0 Å². The van der Waals surface area contributed by atoms with Crippen LogP contribution in [-0.2, 0) is 13.6 Å². The van der Waals surface area contributed by atoms with Crippen molar-refractivity contribution in [3.05, 3.63) is 47.8 Å². The lowest BCUT2D eigenvalue weighted by atomic mass is 10.1. The number of carbonyl (C=O) groups is 1. The quantitative estimate of drug-likeness (QED) is 0.689. The smallest absolute Gasteiger partial charge is 0.255 e. The minimum Gasteiger partial charge on any atom is -0.454 e. The van der Waals surface area contributed by atoms with Crippen molar-refractivity contribution in [1.29, 1.82) is 0 Å². The third-order valence-electron chi connectivity index (χ3n) is 5.35. The number of nitrogens with zero attached hydrogens (tertiary/aromatic N) is 5. The summed E-state index contributed by atoms with van der Waals surface area (Å²) in [6.07, 6.45) is 3.35. The lowest BCUT2D eigenvalue weighted by Gasteiger charge is -2.34. The zero-order valence-corrected chi connectivity index (χ0v) is 15.7. The van der Waals surface area contributed by atoms with Gasteiger partial charge in [-0.2, -0.15) is 5.10 Å². The topological polar surface area (TPSA) is 72.7 Å². The van der Waals surface area contributed by atoms with E-state index in [0.29, 0.717) is 25.4 Å². The molecular formula is C20H21N5O3. The van der Waals surface area contributed by atoms with Gasteiger partial charge in [0, 0.05) is 46.0 Å². The van der Waals surface area contributed by atoms with Crippen LogP contribution in [0.2, 0.25) is 0 Å². The molecule has 0 radical (unpaired) electrons. The molecule has 2 aromatic heterocycles. The van der Waals surface area contributed by atoms with E-state index in [9.17, 15) is 4.79 Å². The molecule has 1 aromatic carbocycles. The largest absolute Gasteiger partial charge is 0.454 e. The summed E-state index contributed by atoms with van der Waals surface area (Å²) in [4.78, 5) is 21.5. The molecule has 1 fully saturated rings.